The summed E-state index contributed by atoms with van der Waals surface area (Å²) in [6.45, 7) is 10.4. The van der Waals surface area contributed by atoms with Crippen LogP contribution < -0.4 is 15.4 Å². The van der Waals surface area contributed by atoms with E-state index in [2.05, 4.69) is 34.4 Å². The van der Waals surface area contributed by atoms with Crippen molar-refractivity contribution in [3.8, 4) is 5.75 Å². The summed E-state index contributed by atoms with van der Waals surface area (Å²) < 4.78 is 50.5. The van der Waals surface area contributed by atoms with Crippen molar-refractivity contribution in [1.82, 2.24) is 15.5 Å². The van der Waals surface area contributed by atoms with Gasteiger partial charge in [-0.15, -0.1) is 0 Å². The summed E-state index contributed by atoms with van der Waals surface area (Å²) >= 11 is 0. The van der Waals surface area contributed by atoms with Crippen molar-refractivity contribution < 1.29 is 22.6 Å². The normalized spacial score (nSPS) is 16.6. The SMILES string of the molecule is CCNC(=NCc1ccc(OC)cc1C(F)(F)F)NCC(C)(C)N1CCOCC1. The number of nitrogens with zero attached hydrogens (tertiary/aromatic N) is 2. The molecule has 0 saturated carbocycles. The third-order valence-electron chi connectivity index (χ3n) is 4.93. The van der Waals surface area contributed by atoms with E-state index < -0.39 is 11.7 Å². The number of hydrogen-bond donors (Lipinski definition) is 2. The number of methoxy groups -OCH3 is 1. The molecule has 9 heteroatoms. The molecule has 0 atom stereocenters. The molecule has 0 unspecified atom stereocenters. The Morgan fingerprint density at radius 2 is 1.90 bits per heavy atom. The first-order valence-electron chi connectivity index (χ1n) is 9.76. The number of ether oxygens (including phenoxy) is 2. The largest absolute Gasteiger partial charge is 0.497 e. The Bertz CT molecular complexity index is 687. The maximum absolute atomic E-state index is 13.4. The summed E-state index contributed by atoms with van der Waals surface area (Å²) in [4.78, 5) is 6.70. The number of alkyl halides is 3. The second-order valence-electron chi connectivity index (χ2n) is 7.48. The summed E-state index contributed by atoms with van der Waals surface area (Å²) in [6, 6.07) is 3.93. The van der Waals surface area contributed by atoms with Crippen LogP contribution in [0.2, 0.25) is 0 Å². The van der Waals surface area contributed by atoms with E-state index in [1.54, 1.807) is 0 Å². The van der Waals surface area contributed by atoms with Gasteiger partial charge in [0.15, 0.2) is 5.96 Å². The third kappa shape index (κ3) is 6.78. The van der Waals surface area contributed by atoms with E-state index in [1.807, 2.05) is 6.92 Å². The molecule has 1 fully saturated rings. The van der Waals surface area contributed by atoms with Crippen molar-refractivity contribution in [2.45, 2.75) is 39.0 Å². The van der Waals surface area contributed by atoms with E-state index in [9.17, 15) is 13.2 Å². The molecular formula is C20H31F3N4O2. The molecule has 6 nitrogen and oxygen atoms in total. The van der Waals surface area contributed by atoms with Gasteiger partial charge in [0.2, 0.25) is 0 Å². The van der Waals surface area contributed by atoms with Gasteiger partial charge in [-0.3, -0.25) is 4.90 Å². The fourth-order valence-electron chi connectivity index (χ4n) is 3.17. The summed E-state index contributed by atoms with van der Waals surface area (Å²) in [5.74, 6) is 0.653. The molecule has 2 rings (SSSR count). The van der Waals surface area contributed by atoms with Gasteiger partial charge in [-0.05, 0) is 38.5 Å². The average Bonchev–Trinajstić information content (AvgIpc) is 2.70. The molecule has 29 heavy (non-hydrogen) atoms. The Labute approximate surface area is 170 Å². The van der Waals surface area contributed by atoms with Crippen LogP contribution in [0, 0.1) is 0 Å². The summed E-state index contributed by atoms with van der Waals surface area (Å²) in [5.41, 5.74) is -0.773. The zero-order valence-corrected chi connectivity index (χ0v) is 17.5. The van der Waals surface area contributed by atoms with Gasteiger partial charge in [0.05, 0.1) is 32.4 Å². The first kappa shape index (κ1) is 23.3. The van der Waals surface area contributed by atoms with Gasteiger partial charge in [-0.2, -0.15) is 13.2 Å². The van der Waals surface area contributed by atoms with Crippen LogP contribution in [0.1, 0.15) is 31.9 Å². The van der Waals surface area contributed by atoms with Crippen LogP contribution in [0.4, 0.5) is 13.2 Å². The Morgan fingerprint density at radius 3 is 2.48 bits per heavy atom. The average molecular weight is 416 g/mol. The third-order valence-corrected chi connectivity index (χ3v) is 4.93. The molecule has 1 saturated heterocycles. The molecule has 164 valence electrons. The van der Waals surface area contributed by atoms with Gasteiger partial charge >= 0.3 is 6.18 Å². The van der Waals surface area contributed by atoms with Gasteiger partial charge in [0.25, 0.3) is 0 Å². The minimum atomic E-state index is -4.47. The highest BCUT2D eigenvalue weighted by atomic mass is 19.4. The molecule has 0 amide bonds. The second kappa shape index (κ2) is 10.2. The maximum atomic E-state index is 13.4. The van der Waals surface area contributed by atoms with Crippen LogP contribution in [0.5, 0.6) is 5.75 Å². The number of benzene rings is 1. The summed E-state index contributed by atoms with van der Waals surface area (Å²) in [7, 11) is 1.34. The van der Waals surface area contributed by atoms with Gasteiger partial charge in [0.1, 0.15) is 5.75 Å². The molecule has 1 aromatic rings. The molecular weight excluding hydrogens is 385 g/mol. The van der Waals surface area contributed by atoms with Crippen LogP contribution in [0.15, 0.2) is 23.2 Å². The zero-order chi connectivity index (χ0) is 21.5. The molecule has 1 aliphatic heterocycles. The van der Waals surface area contributed by atoms with Gasteiger partial charge in [-0.25, -0.2) is 4.99 Å². The summed E-state index contributed by atoms with van der Waals surface area (Å²) in [6.07, 6.45) is -4.47. The Balaban J connectivity index is 2.11. The van der Waals surface area contributed by atoms with E-state index in [0.717, 1.165) is 19.2 Å². The molecule has 1 heterocycles. The lowest BCUT2D eigenvalue weighted by Gasteiger charge is -2.41. The van der Waals surface area contributed by atoms with E-state index in [-0.39, 0.29) is 23.4 Å². The van der Waals surface area contributed by atoms with Gasteiger partial charge in [-0.1, -0.05) is 6.07 Å². The smallest absolute Gasteiger partial charge is 0.416 e. The first-order valence-corrected chi connectivity index (χ1v) is 9.76. The van der Waals surface area contributed by atoms with Crippen molar-refractivity contribution in [3.05, 3.63) is 29.3 Å². The maximum Gasteiger partial charge on any atom is 0.416 e. The van der Waals surface area contributed by atoms with Crippen molar-refractivity contribution in [3.63, 3.8) is 0 Å². The number of halogens is 3. The highest BCUT2D eigenvalue weighted by Gasteiger charge is 2.34. The van der Waals surface area contributed by atoms with Gasteiger partial charge < -0.3 is 20.1 Å². The van der Waals surface area contributed by atoms with E-state index in [1.165, 1.54) is 19.2 Å². The molecule has 1 aliphatic rings. The van der Waals surface area contributed by atoms with E-state index in [0.29, 0.717) is 32.3 Å². The fraction of sp³-hybridized carbons (Fsp3) is 0.650. The van der Waals surface area contributed by atoms with Crippen LogP contribution in [-0.4, -0.2) is 62.9 Å². The van der Waals surface area contributed by atoms with Crippen molar-refractivity contribution in [2.75, 3.05) is 46.5 Å². The predicted molar refractivity (Wildman–Crippen MR) is 107 cm³/mol. The minimum Gasteiger partial charge on any atom is -0.497 e. The molecule has 0 spiro atoms. The van der Waals surface area contributed by atoms with Gasteiger partial charge in [0, 0.05) is 31.7 Å². The topological polar surface area (TPSA) is 58.1 Å². The standard InChI is InChI=1S/C20H31F3N4O2/c1-5-24-18(26-14-19(2,3)27-8-10-29-11-9-27)25-13-15-6-7-16(28-4)12-17(15)20(21,22)23/h6-7,12H,5,8-11,13-14H2,1-4H3,(H2,24,25,26). The Morgan fingerprint density at radius 1 is 1.21 bits per heavy atom. The highest BCUT2D eigenvalue weighted by Crippen LogP contribution is 2.34. The minimum absolute atomic E-state index is 0.0911. The number of guanidine groups is 1. The summed E-state index contributed by atoms with van der Waals surface area (Å²) in [5, 5.41) is 6.36. The quantitative estimate of drug-likeness (QED) is 0.529. The number of rotatable bonds is 7. The molecule has 2 N–H and O–H groups in total. The second-order valence-corrected chi connectivity index (χ2v) is 7.48. The molecule has 0 aromatic heterocycles. The Hall–Kier alpha value is -2.00. The Kier molecular flexibility index (Phi) is 8.15. The van der Waals surface area contributed by atoms with Crippen molar-refractivity contribution in [2.24, 2.45) is 4.99 Å². The lowest BCUT2D eigenvalue weighted by molar-refractivity contribution is -0.138. The number of morpholine rings is 1. The lowest BCUT2D eigenvalue weighted by Crippen LogP contribution is -2.56. The van der Waals surface area contributed by atoms with Crippen LogP contribution in [0.3, 0.4) is 0 Å². The van der Waals surface area contributed by atoms with Crippen molar-refractivity contribution >= 4 is 5.96 Å². The number of hydrogen-bond acceptors (Lipinski definition) is 4. The van der Waals surface area contributed by atoms with Crippen LogP contribution in [-0.2, 0) is 17.5 Å². The highest BCUT2D eigenvalue weighted by molar-refractivity contribution is 5.79. The molecule has 0 bridgehead atoms. The van der Waals surface area contributed by atoms with Crippen LogP contribution in [0.25, 0.3) is 0 Å². The fourth-order valence-corrected chi connectivity index (χ4v) is 3.17. The number of aliphatic imine (C=N–C) groups is 1. The van der Waals surface area contributed by atoms with E-state index >= 15 is 0 Å². The van der Waals surface area contributed by atoms with E-state index in [4.69, 9.17) is 9.47 Å². The molecule has 1 aromatic carbocycles. The predicted octanol–water partition coefficient (Wildman–Crippen LogP) is 2.88. The lowest BCUT2D eigenvalue weighted by atomic mass is 10.0. The monoisotopic (exact) mass is 416 g/mol. The first-order chi connectivity index (χ1) is 13.7. The zero-order valence-electron chi connectivity index (χ0n) is 17.5. The number of nitrogens with one attached hydrogen (secondary N) is 2. The molecule has 0 radical (unpaired) electrons. The van der Waals surface area contributed by atoms with Crippen molar-refractivity contribution in [1.29, 1.82) is 0 Å². The molecule has 0 aliphatic carbocycles. The van der Waals surface area contributed by atoms with Crippen LogP contribution >= 0.6 is 0 Å².